The van der Waals surface area contributed by atoms with Gasteiger partial charge in [-0.1, -0.05) is 57.9 Å². The molecule has 43 heavy (non-hydrogen) atoms. The first-order valence-electron chi connectivity index (χ1n) is 13.1. The van der Waals surface area contributed by atoms with Crippen LogP contribution in [0.4, 0.5) is 5.69 Å². The van der Waals surface area contributed by atoms with Crippen LogP contribution in [0.3, 0.4) is 0 Å². The van der Waals surface area contributed by atoms with Crippen LogP contribution < -0.4 is 5.32 Å². The highest BCUT2D eigenvalue weighted by Crippen LogP contribution is 2.28. The molecule has 1 saturated heterocycles. The minimum absolute atomic E-state index is 0.0216. The maximum atomic E-state index is 13.0. The third kappa shape index (κ3) is 7.59. The number of halogens is 2. The highest BCUT2D eigenvalue weighted by molar-refractivity contribution is 9.10. The maximum Gasteiger partial charge on any atom is 0.331 e. The third-order valence-corrected chi connectivity index (χ3v) is 9.20. The quantitative estimate of drug-likeness (QED) is 0.191. The molecule has 5 rings (SSSR count). The van der Waals surface area contributed by atoms with E-state index in [0.717, 1.165) is 15.7 Å². The van der Waals surface area contributed by atoms with E-state index in [4.69, 9.17) is 26.2 Å². The Morgan fingerprint density at radius 3 is 2.49 bits per heavy atom. The molecule has 0 saturated carbocycles. The zero-order chi connectivity index (χ0) is 30.4. The van der Waals surface area contributed by atoms with Crippen LogP contribution in [-0.2, 0) is 29.1 Å². The summed E-state index contributed by atoms with van der Waals surface area (Å²) >= 11 is 9.64. The molecule has 1 N–H and O–H groups in total. The summed E-state index contributed by atoms with van der Waals surface area (Å²) in [6.07, 6.45) is 4.58. The van der Waals surface area contributed by atoms with Crippen molar-refractivity contribution in [2.24, 2.45) is 0 Å². The zero-order valence-corrected chi connectivity index (χ0v) is 25.8. The summed E-state index contributed by atoms with van der Waals surface area (Å²) in [6, 6.07) is 21.2. The lowest BCUT2D eigenvalue weighted by Gasteiger charge is -2.26. The molecule has 1 aromatic heterocycles. The third-order valence-electron chi connectivity index (χ3n) is 6.45. The summed E-state index contributed by atoms with van der Waals surface area (Å²) in [5.41, 5.74) is 3.10. The highest BCUT2D eigenvalue weighted by atomic mass is 79.9. The number of morpholine rings is 1. The van der Waals surface area contributed by atoms with Crippen LogP contribution in [0.1, 0.15) is 5.56 Å². The van der Waals surface area contributed by atoms with Gasteiger partial charge in [0.1, 0.15) is 0 Å². The monoisotopic (exact) mass is 684 g/mol. The van der Waals surface area contributed by atoms with Gasteiger partial charge in [0.05, 0.1) is 40.2 Å². The molecule has 4 aromatic rings. The van der Waals surface area contributed by atoms with Crippen molar-refractivity contribution in [1.82, 2.24) is 14.1 Å². The molecule has 0 bridgehead atoms. The number of anilines is 1. The second-order valence-electron chi connectivity index (χ2n) is 9.37. The Bertz CT molecular complexity index is 1760. The van der Waals surface area contributed by atoms with Gasteiger partial charge in [-0.3, -0.25) is 4.79 Å². The predicted molar refractivity (Wildman–Crippen MR) is 166 cm³/mol. The Kier molecular flexibility index (Phi) is 9.73. The number of rotatable bonds is 9. The smallest absolute Gasteiger partial charge is 0.331 e. The molecular weight excluding hydrogens is 660 g/mol. The average molecular weight is 686 g/mol. The molecule has 2 heterocycles. The van der Waals surface area contributed by atoms with Crippen molar-refractivity contribution in [2.45, 2.75) is 4.90 Å². The van der Waals surface area contributed by atoms with Gasteiger partial charge in [0.25, 0.3) is 5.91 Å². The Morgan fingerprint density at radius 2 is 1.77 bits per heavy atom. The van der Waals surface area contributed by atoms with E-state index in [1.807, 2.05) is 54.6 Å². The van der Waals surface area contributed by atoms with Gasteiger partial charge in [-0.15, -0.1) is 0 Å². The molecule has 13 heteroatoms. The van der Waals surface area contributed by atoms with Crippen LogP contribution in [0.15, 0.2) is 94.4 Å². The number of hydrogen-bond donors (Lipinski definition) is 1. The predicted octanol–water partition coefficient (Wildman–Crippen LogP) is 5.17. The Labute approximate surface area is 262 Å². The van der Waals surface area contributed by atoms with Crippen LogP contribution in [0, 0.1) is 0 Å². The van der Waals surface area contributed by atoms with Gasteiger partial charge in [-0.05, 0) is 48.5 Å². The molecule has 3 aromatic carbocycles. The fourth-order valence-electron chi connectivity index (χ4n) is 4.28. The van der Waals surface area contributed by atoms with Crippen LogP contribution in [-0.4, -0.2) is 67.3 Å². The van der Waals surface area contributed by atoms with E-state index in [2.05, 4.69) is 21.2 Å². The van der Waals surface area contributed by atoms with E-state index in [9.17, 15) is 18.0 Å². The summed E-state index contributed by atoms with van der Waals surface area (Å²) < 4.78 is 40.3. The lowest BCUT2D eigenvalue weighted by Crippen LogP contribution is -2.40. The lowest BCUT2D eigenvalue weighted by molar-refractivity contribution is -0.142. The fraction of sp³-hybridized carbons (Fsp3) is 0.167. The number of para-hydroxylation sites is 1. The van der Waals surface area contributed by atoms with Crippen LogP contribution >= 0.6 is 27.5 Å². The van der Waals surface area contributed by atoms with E-state index in [1.165, 1.54) is 28.6 Å². The van der Waals surface area contributed by atoms with Crippen LogP contribution in [0.2, 0.25) is 5.02 Å². The number of esters is 1. The van der Waals surface area contributed by atoms with Crippen molar-refractivity contribution in [2.75, 3.05) is 38.2 Å². The van der Waals surface area contributed by atoms with Crippen LogP contribution in [0.25, 0.3) is 23.0 Å². The van der Waals surface area contributed by atoms with Gasteiger partial charge in [0.2, 0.25) is 10.0 Å². The van der Waals surface area contributed by atoms with E-state index in [0.29, 0.717) is 24.5 Å². The van der Waals surface area contributed by atoms with Crippen molar-refractivity contribution in [1.29, 1.82) is 0 Å². The molecule has 0 unspecified atom stereocenters. The first-order valence-corrected chi connectivity index (χ1v) is 15.7. The van der Waals surface area contributed by atoms with Crippen molar-refractivity contribution in [3.05, 3.63) is 100 Å². The highest BCUT2D eigenvalue weighted by Gasteiger charge is 2.27. The molecule has 0 aliphatic carbocycles. The van der Waals surface area contributed by atoms with Crippen LogP contribution in [0.5, 0.6) is 0 Å². The SMILES string of the molecule is O=C(COC(=O)/C=C/c1cn(-c2ccccc2)nc1-c1ccc(Br)cc1)Nc1cc(S(=O)(=O)N2CCOCC2)ccc1Cl. The molecule has 1 aliphatic rings. The van der Waals surface area contributed by atoms with Gasteiger partial charge in [-0.25, -0.2) is 17.9 Å². The maximum absolute atomic E-state index is 13.0. The lowest BCUT2D eigenvalue weighted by atomic mass is 10.1. The molecule has 1 amide bonds. The van der Waals surface area contributed by atoms with Crippen molar-refractivity contribution >= 4 is 61.2 Å². The molecule has 222 valence electrons. The summed E-state index contributed by atoms with van der Waals surface area (Å²) in [6.45, 7) is 0.457. The molecule has 0 spiro atoms. The molecule has 0 radical (unpaired) electrons. The number of amides is 1. The van der Waals surface area contributed by atoms with Crippen molar-refractivity contribution in [3.63, 3.8) is 0 Å². The standard InChI is InChI=1S/C30H26BrClN4O6S/c31-23-9-6-21(7-10-23)30-22(19-36(34-30)24-4-2-1-3-5-24)8-13-29(38)42-20-28(37)33-27-18-25(11-12-26(27)32)43(39,40)35-14-16-41-17-15-35/h1-13,18-19H,14-17,20H2,(H,33,37)/b13-8+. The van der Waals surface area contributed by atoms with Gasteiger partial charge < -0.3 is 14.8 Å². The number of carbonyl (C=O) groups excluding carboxylic acids is 2. The van der Waals surface area contributed by atoms with E-state index in [-0.39, 0.29) is 28.7 Å². The van der Waals surface area contributed by atoms with Gasteiger partial charge in [0, 0.05) is 41.0 Å². The fourth-order valence-corrected chi connectivity index (χ4v) is 6.14. The largest absolute Gasteiger partial charge is 0.452 e. The summed E-state index contributed by atoms with van der Waals surface area (Å²) in [5, 5.41) is 7.36. The molecular formula is C30H26BrClN4O6S. The minimum atomic E-state index is -3.80. The number of ether oxygens (including phenoxy) is 2. The van der Waals surface area contributed by atoms with Crippen molar-refractivity contribution in [3.8, 4) is 16.9 Å². The van der Waals surface area contributed by atoms with Gasteiger partial charge in [0.15, 0.2) is 6.61 Å². The molecule has 1 aliphatic heterocycles. The first kappa shape index (κ1) is 30.6. The number of hydrogen-bond acceptors (Lipinski definition) is 7. The second-order valence-corrected chi connectivity index (χ2v) is 12.6. The summed E-state index contributed by atoms with van der Waals surface area (Å²) in [5.74, 6) is -1.43. The minimum Gasteiger partial charge on any atom is -0.452 e. The molecule has 1 fully saturated rings. The second kappa shape index (κ2) is 13.7. The number of sulfonamides is 1. The summed E-state index contributed by atoms with van der Waals surface area (Å²) in [7, 11) is -3.80. The molecule has 10 nitrogen and oxygen atoms in total. The van der Waals surface area contributed by atoms with E-state index < -0.39 is 28.5 Å². The first-order chi connectivity index (χ1) is 20.7. The normalized spacial score (nSPS) is 14.1. The Hall–Kier alpha value is -3.81. The van der Waals surface area contributed by atoms with E-state index >= 15 is 0 Å². The molecule has 0 atom stereocenters. The number of aromatic nitrogens is 2. The topological polar surface area (TPSA) is 120 Å². The van der Waals surface area contributed by atoms with E-state index in [1.54, 1.807) is 17.0 Å². The number of nitrogens with zero attached hydrogens (tertiary/aromatic N) is 3. The number of benzene rings is 3. The summed E-state index contributed by atoms with van der Waals surface area (Å²) in [4.78, 5) is 25.1. The Morgan fingerprint density at radius 1 is 1.05 bits per heavy atom. The van der Waals surface area contributed by atoms with Gasteiger partial charge in [-0.2, -0.15) is 9.40 Å². The zero-order valence-electron chi connectivity index (χ0n) is 22.7. The van der Waals surface area contributed by atoms with Crippen molar-refractivity contribution < 1.29 is 27.5 Å². The average Bonchev–Trinajstić information content (AvgIpc) is 3.45. The van der Waals surface area contributed by atoms with Gasteiger partial charge >= 0.3 is 5.97 Å². The number of carbonyl (C=O) groups is 2. The number of nitrogens with one attached hydrogen (secondary N) is 1. The Balaban J connectivity index is 1.25.